The molecule has 1 aromatic heterocycles. The number of aromatic nitrogens is 1. The van der Waals surface area contributed by atoms with Crippen molar-refractivity contribution in [1.82, 2.24) is 4.98 Å². The zero-order valence-electron chi connectivity index (χ0n) is 11.0. The fourth-order valence-electron chi connectivity index (χ4n) is 2.09. The van der Waals surface area contributed by atoms with Crippen molar-refractivity contribution in [2.24, 2.45) is 11.3 Å². The van der Waals surface area contributed by atoms with Gasteiger partial charge in [-0.15, -0.1) is 0 Å². The van der Waals surface area contributed by atoms with Crippen LogP contribution in [0.25, 0.3) is 0 Å². The van der Waals surface area contributed by atoms with E-state index in [4.69, 9.17) is 9.52 Å². The molecule has 0 aromatic carbocycles. The van der Waals surface area contributed by atoms with Gasteiger partial charge in [0.1, 0.15) is 12.2 Å². The summed E-state index contributed by atoms with van der Waals surface area (Å²) < 4.78 is 5.39. The first-order chi connectivity index (χ1) is 7.76. The molecule has 0 bridgehead atoms. The molecule has 0 spiro atoms. The Kier molecular flexibility index (Phi) is 4.32. The Morgan fingerprint density at radius 1 is 1.53 bits per heavy atom. The van der Waals surface area contributed by atoms with Crippen LogP contribution in [0.1, 0.15) is 45.8 Å². The van der Waals surface area contributed by atoms with Crippen LogP contribution >= 0.6 is 0 Å². The number of hydrogen-bond acceptors (Lipinski definition) is 3. The Bertz CT molecular complexity index is 376. The van der Waals surface area contributed by atoms with Gasteiger partial charge in [0, 0.05) is 6.42 Å². The molecule has 0 saturated carbocycles. The maximum Gasteiger partial charge on any atom is 0.311 e. The van der Waals surface area contributed by atoms with Crippen molar-refractivity contribution in [3.05, 3.63) is 17.8 Å². The fraction of sp³-hybridized carbons (Fsp3) is 0.692. The van der Waals surface area contributed by atoms with Gasteiger partial charge in [0.15, 0.2) is 5.89 Å². The molecule has 0 aliphatic heterocycles. The predicted octanol–water partition coefficient (Wildman–Crippen LogP) is 2.92. The average molecular weight is 239 g/mol. The van der Waals surface area contributed by atoms with Crippen molar-refractivity contribution < 1.29 is 14.3 Å². The first kappa shape index (κ1) is 13.7. The molecular formula is C13H21NO3. The molecule has 0 amide bonds. The van der Waals surface area contributed by atoms with Crippen molar-refractivity contribution in [1.29, 1.82) is 0 Å². The largest absolute Gasteiger partial charge is 0.481 e. The lowest BCUT2D eigenvalue weighted by molar-refractivity contribution is -0.136. The third-order valence-electron chi connectivity index (χ3n) is 2.41. The summed E-state index contributed by atoms with van der Waals surface area (Å²) in [5, 5.41) is 8.62. The predicted molar refractivity (Wildman–Crippen MR) is 64.8 cm³/mol. The van der Waals surface area contributed by atoms with Gasteiger partial charge in [-0.3, -0.25) is 4.79 Å². The second kappa shape index (κ2) is 5.34. The zero-order valence-corrected chi connectivity index (χ0v) is 11.0. The van der Waals surface area contributed by atoms with Crippen molar-refractivity contribution in [3.63, 3.8) is 0 Å². The number of aliphatic carboxylic acids is 1. The maximum absolute atomic E-state index is 10.5. The number of rotatable bonds is 5. The SMILES string of the molecule is C[C@H](Cc1ncc(CC(=O)O)o1)CC(C)(C)C. The smallest absolute Gasteiger partial charge is 0.311 e. The minimum Gasteiger partial charge on any atom is -0.481 e. The summed E-state index contributed by atoms with van der Waals surface area (Å²) in [5.41, 5.74) is 0.288. The zero-order chi connectivity index (χ0) is 13.1. The minimum absolute atomic E-state index is 0.0966. The van der Waals surface area contributed by atoms with Crippen LogP contribution < -0.4 is 0 Å². The van der Waals surface area contributed by atoms with E-state index >= 15 is 0 Å². The van der Waals surface area contributed by atoms with E-state index in [2.05, 4.69) is 32.7 Å². The van der Waals surface area contributed by atoms with Crippen LogP contribution in [0.2, 0.25) is 0 Å². The van der Waals surface area contributed by atoms with Gasteiger partial charge in [-0.25, -0.2) is 4.98 Å². The molecule has 0 aliphatic rings. The quantitative estimate of drug-likeness (QED) is 0.858. The first-order valence-corrected chi connectivity index (χ1v) is 5.91. The van der Waals surface area contributed by atoms with Crippen molar-refractivity contribution in [2.75, 3.05) is 0 Å². The minimum atomic E-state index is -0.893. The Balaban J connectivity index is 2.51. The van der Waals surface area contributed by atoms with Crippen molar-refractivity contribution in [3.8, 4) is 0 Å². The first-order valence-electron chi connectivity index (χ1n) is 5.91. The average Bonchev–Trinajstić information content (AvgIpc) is 2.46. The van der Waals surface area contributed by atoms with Crippen LogP contribution in [0.15, 0.2) is 10.6 Å². The Labute approximate surface area is 102 Å². The highest BCUT2D eigenvalue weighted by Crippen LogP contribution is 2.26. The molecule has 1 atom stereocenters. The van der Waals surface area contributed by atoms with E-state index in [-0.39, 0.29) is 11.8 Å². The van der Waals surface area contributed by atoms with Crippen molar-refractivity contribution >= 4 is 5.97 Å². The van der Waals surface area contributed by atoms with Gasteiger partial charge in [0.25, 0.3) is 0 Å². The van der Waals surface area contributed by atoms with Crippen LogP contribution in [0.3, 0.4) is 0 Å². The molecule has 1 rings (SSSR count). The van der Waals surface area contributed by atoms with Crippen LogP contribution in [-0.4, -0.2) is 16.1 Å². The van der Waals surface area contributed by atoms with Gasteiger partial charge < -0.3 is 9.52 Å². The van der Waals surface area contributed by atoms with Crippen LogP contribution in [0.5, 0.6) is 0 Å². The van der Waals surface area contributed by atoms with Crippen LogP contribution in [0.4, 0.5) is 0 Å². The molecule has 0 fully saturated rings. The van der Waals surface area contributed by atoms with Gasteiger partial charge in [-0.1, -0.05) is 27.7 Å². The molecular weight excluding hydrogens is 218 g/mol. The number of nitrogens with zero attached hydrogens (tertiary/aromatic N) is 1. The Hall–Kier alpha value is -1.32. The number of carbonyl (C=O) groups is 1. The number of carboxylic acids is 1. The summed E-state index contributed by atoms with van der Waals surface area (Å²) in [5.74, 6) is 0.648. The van der Waals surface area contributed by atoms with Gasteiger partial charge in [0.2, 0.25) is 0 Å². The van der Waals surface area contributed by atoms with E-state index in [9.17, 15) is 4.79 Å². The Morgan fingerprint density at radius 2 is 2.18 bits per heavy atom. The fourth-order valence-corrected chi connectivity index (χ4v) is 2.09. The van der Waals surface area contributed by atoms with Gasteiger partial charge >= 0.3 is 5.97 Å². The summed E-state index contributed by atoms with van der Waals surface area (Å²) in [4.78, 5) is 14.6. The highest BCUT2D eigenvalue weighted by atomic mass is 16.4. The summed E-state index contributed by atoms with van der Waals surface area (Å²) >= 11 is 0. The molecule has 0 saturated heterocycles. The van der Waals surface area contributed by atoms with E-state index in [0.29, 0.717) is 17.6 Å². The number of oxazole rings is 1. The lowest BCUT2D eigenvalue weighted by Gasteiger charge is -2.22. The Morgan fingerprint density at radius 3 is 2.71 bits per heavy atom. The molecule has 0 aliphatic carbocycles. The number of hydrogen-bond donors (Lipinski definition) is 1. The standard InChI is InChI=1S/C13H21NO3/c1-9(7-13(2,3)4)5-11-14-8-10(17-11)6-12(15)16/h8-9H,5-7H2,1-4H3,(H,15,16)/t9-/m1/s1. The molecule has 1 heterocycles. The van der Waals surface area contributed by atoms with E-state index in [0.717, 1.165) is 12.8 Å². The summed E-state index contributed by atoms with van der Waals surface area (Å²) in [6.45, 7) is 8.77. The normalized spacial score (nSPS) is 13.6. The maximum atomic E-state index is 10.5. The van der Waals surface area contributed by atoms with E-state index in [1.165, 1.54) is 6.20 Å². The molecule has 17 heavy (non-hydrogen) atoms. The molecule has 0 unspecified atom stereocenters. The van der Waals surface area contributed by atoms with E-state index in [1.54, 1.807) is 0 Å². The second-order valence-electron chi connectivity index (χ2n) is 5.86. The second-order valence-corrected chi connectivity index (χ2v) is 5.86. The molecule has 0 radical (unpaired) electrons. The van der Waals surface area contributed by atoms with Gasteiger partial charge in [0.05, 0.1) is 6.20 Å². The van der Waals surface area contributed by atoms with E-state index < -0.39 is 5.97 Å². The molecule has 1 N–H and O–H groups in total. The molecule has 96 valence electrons. The lowest BCUT2D eigenvalue weighted by atomic mass is 9.84. The summed E-state index contributed by atoms with van der Waals surface area (Å²) in [6.07, 6.45) is 3.26. The van der Waals surface area contributed by atoms with Gasteiger partial charge in [-0.2, -0.15) is 0 Å². The number of carboxylic acid groups (broad SMARTS) is 1. The van der Waals surface area contributed by atoms with Crippen LogP contribution in [0, 0.1) is 11.3 Å². The molecule has 1 aromatic rings. The summed E-state index contributed by atoms with van der Waals surface area (Å²) in [6, 6.07) is 0. The monoisotopic (exact) mass is 239 g/mol. The molecule has 4 nitrogen and oxygen atoms in total. The highest BCUT2D eigenvalue weighted by Gasteiger charge is 2.17. The van der Waals surface area contributed by atoms with E-state index in [1.807, 2.05) is 0 Å². The van der Waals surface area contributed by atoms with Crippen molar-refractivity contribution in [2.45, 2.75) is 47.0 Å². The summed E-state index contributed by atoms with van der Waals surface area (Å²) in [7, 11) is 0. The third kappa shape index (κ3) is 5.52. The van der Waals surface area contributed by atoms with Gasteiger partial charge in [-0.05, 0) is 17.8 Å². The third-order valence-corrected chi connectivity index (χ3v) is 2.41. The molecule has 4 heteroatoms. The topological polar surface area (TPSA) is 63.3 Å². The highest BCUT2D eigenvalue weighted by molar-refractivity contribution is 5.69. The van der Waals surface area contributed by atoms with Crippen LogP contribution in [-0.2, 0) is 17.6 Å². The lowest BCUT2D eigenvalue weighted by Crippen LogP contribution is -2.12.